The van der Waals surface area contributed by atoms with E-state index in [9.17, 15) is 5.11 Å². The second-order valence-corrected chi connectivity index (χ2v) is 5.86. The van der Waals surface area contributed by atoms with E-state index < -0.39 is 0 Å². The molecular formula is C18H27N3O. The number of benzene rings is 1. The van der Waals surface area contributed by atoms with Crippen LogP contribution in [0.5, 0.6) is 5.75 Å². The van der Waals surface area contributed by atoms with Crippen LogP contribution >= 0.6 is 0 Å². The third-order valence-electron chi connectivity index (χ3n) is 3.98. The van der Waals surface area contributed by atoms with Crippen molar-refractivity contribution in [2.45, 2.75) is 65.2 Å². The van der Waals surface area contributed by atoms with Crippen molar-refractivity contribution >= 4 is 0 Å². The molecule has 22 heavy (non-hydrogen) atoms. The van der Waals surface area contributed by atoms with Gasteiger partial charge in [0.05, 0.1) is 12.4 Å². The maximum atomic E-state index is 10.6. The first kappa shape index (κ1) is 16.5. The van der Waals surface area contributed by atoms with Crippen LogP contribution in [0.15, 0.2) is 24.5 Å². The van der Waals surface area contributed by atoms with E-state index in [0.717, 1.165) is 24.8 Å². The first-order chi connectivity index (χ1) is 10.8. The zero-order chi connectivity index (χ0) is 15.8. The van der Waals surface area contributed by atoms with Crippen molar-refractivity contribution in [2.24, 2.45) is 0 Å². The summed E-state index contributed by atoms with van der Waals surface area (Å²) >= 11 is 0. The molecule has 0 saturated heterocycles. The van der Waals surface area contributed by atoms with E-state index in [1.165, 1.54) is 42.5 Å². The number of aromatic nitrogens is 3. The predicted octanol–water partition coefficient (Wildman–Crippen LogP) is 4.44. The smallest absolute Gasteiger partial charge is 0.146 e. The van der Waals surface area contributed by atoms with Crippen LogP contribution in [0.3, 0.4) is 0 Å². The number of unbranched alkanes of at least 4 members (excludes halogenated alkanes) is 4. The molecule has 0 aliphatic carbocycles. The van der Waals surface area contributed by atoms with Gasteiger partial charge in [0.2, 0.25) is 0 Å². The van der Waals surface area contributed by atoms with E-state index in [2.05, 4.69) is 30.1 Å². The minimum absolute atomic E-state index is 0.326. The number of hydrogen-bond donors (Lipinski definition) is 1. The van der Waals surface area contributed by atoms with Gasteiger partial charge in [0.1, 0.15) is 11.4 Å². The molecular weight excluding hydrogens is 274 g/mol. The fourth-order valence-electron chi connectivity index (χ4n) is 2.71. The van der Waals surface area contributed by atoms with Gasteiger partial charge in [0.15, 0.2) is 0 Å². The molecule has 0 radical (unpaired) electrons. The second-order valence-electron chi connectivity index (χ2n) is 5.86. The van der Waals surface area contributed by atoms with Crippen LogP contribution in [0.25, 0.3) is 5.69 Å². The highest BCUT2D eigenvalue weighted by molar-refractivity contribution is 5.52. The van der Waals surface area contributed by atoms with Crippen molar-refractivity contribution in [1.29, 1.82) is 0 Å². The van der Waals surface area contributed by atoms with E-state index in [-0.39, 0.29) is 0 Å². The van der Waals surface area contributed by atoms with E-state index in [4.69, 9.17) is 0 Å². The fraction of sp³-hybridized carbons (Fsp3) is 0.556. The van der Waals surface area contributed by atoms with Gasteiger partial charge in [0.25, 0.3) is 0 Å². The molecule has 2 aromatic rings. The molecule has 2 rings (SSSR count). The highest BCUT2D eigenvalue weighted by Crippen LogP contribution is 2.29. The van der Waals surface area contributed by atoms with Gasteiger partial charge in [-0.15, -0.1) is 4.80 Å². The van der Waals surface area contributed by atoms with Gasteiger partial charge < -0.3 is 5.11 Å². The summed E-state index contributed by atoms with van der Waals surface area (Å²) in [5, 5.41) is 18.9. The largest absolute Gasteiger partial charge is 0.505 e. The maximum absolute atomic E-state index is 10.6. The summed E-state index contributed by atoms with van der Waals surface area (Å²) in [6.07, 6.45) is 12.4. The molecule has 1 N–H and O–H groups in total. The Morgan fingerprint density at radius 2 is 1.55 bits per heavy atom. The number of phenolic OH excluding ortho intramolecular Hbond substituents is 1. The lowest BCUT2D eigenvalue weighted by Gasteiger charge is -2.12. The molecule has 0 amide bonds. The summed E-state index contributed by atoms with van der Waals surface area (Å²) in [5.74, 6) is 0.326. The molecule has 4 heteroatoms. The lowest BCUT2D eigenvalue weighted by atomic mass is 9.99. The maximum Gasteiger partial charge on any atom is 0.146 e. The molecule has 0 saturated carbocycles. The lowest BCUT2D eigenvalue weighted by molar-refractivity contribution is 0.458. The molecule has 0 fully saturated rings. The van der Waals surface area contributed by atoms with Crippen LogP contribution < -0.4 is 0 Å². The number of rotatable bonds is 9. The number of nitrogens with zero attached hydrogens (tertiary/aromatic N) is 3. The lowest BCUT2D eigenvalue weighted by Crippen LogP contribution is -2.03. The number of aromatic hydroxyl groups is 1. The second kappa shape index (κ2) is 8.57. The van der Waals surface area contributed by atoms with E-state index in [0.29, 0.717) is 11.4 Å². The van der Waals surface area contributed by atoms with Crippen LogP contribution in [-0.4, -0.2) is 20.1 Å². The van der Waals surface area contributed by atoms with E-state index >= 15 is 0 Å². The molecule has 4 nitrogen and oxygen atoms in total. The zero-order valence-corrected chi connectivity index (χ0v) is 13.8. The Kier molecular flexibility index (Phi) is 6.44. The van der Waals surface area contributed by atoms with Crippen molar-refractivity contribution in [3.05, 3.63) is 35.7 Å². The Hall–Kier alpha value is -1.84. The number of phenols is 1. The average Bonchev–Trinajstić information content (AvgIpc) is 3.04. The third-order valence-corrected chi connectivity index (χ3v) is 3.98. The Bertz CT molecular complexity index is 564. The van der Waals surface area contributed by atoms with Gasteiger partial charge in [-0.2, -0.15) is 10.2 Å². The molecule has 1 heterocycles. The molecule has 120 valence electrons. The third kappa shape index (κ3) is 4.33. The summed E-state index contributed by atoms with van der Waals surface area (Å²) in [6, 6.07) is 4.18. The van der Waals surface area contributed by atoms with Crippen LogP contribution in [0.4, 0.5) is 0 Å². The van der Waals surface area contributed by atoms with Crippen molar-refractivity contribution < 1.29 is 5.11 Å². The van der Waals surface area contributed by atoms with Crippen molar-refractivity contribution in [3.63, 3.8) is 0 Å². The molecule has 0 aliphatic rings. The highest BCUT2D eigenvalue weighted by Gasteiger charge is 2.12. The Morgan fingerprint density at radius 3 is 2.18 bits per heavy atom. The normalized spacial score (nSPS) is 11.0. The molecule has 0 bridgehead atoms. The van der Waals surface area contributed by atoms with E-state index in [1.54, 1.807) is 12.4 Å². The van der Waals surface area contributed by atoms with Crippen molar-refractivity contribution in [2.75, 3.05) is 0 Å². The summed E-state index contributed by atoms with van der Waals surface area (Å²) in [5.41, 5.74) is 2.99. The van der Waals surface area contributed by atoms with Crippen LogP contribution in [0.1, 0.15) is 63.5 Å². The Balaban J connectivity index is 2.26. The SMILES string of the molecule is CCCCCc1cc(CCCCC)c(O)c(-n2nccn2)c1. The summed E-state index contributed by atoms with van der Waals surface area (Å²) in [4.78, 5) is 1.52. The van der Waals surface area contributed by atoms with Crippen LogP contribution in [0.2, 0.25) is 0 Å². The highest BCUT2D eigenvalue weighted by atomic mass is 16.3. The van der Waals surface area contributed by atoms with E-state index in [1.807, 2.05) is 6.07 Å². The Morgan fingerprint density at radius 1 is 0.909 bits per heavy atom. The summed E-state index contributed by atoms with van der Waals surface area (Å²) in [6.45, 7) is 4.41. The molecule has 0 spiro atoms. The van der Waals surface area contributed by atoms with Gasteiger partial charge in [-0.25, -0.2) is 0 Å². The monoisotopic (exact) mass is 301 g/mol. The fourth-order valence-corrected chi connectivity index (χ4v) is 2.71. The molecule has 1 aromatic heterocycles. The summed E-state index contributed by atoms with van der Waals surface area (Å²) in [7, 11) is 0. The minimum atomic E-state index is 0.326. The minimum Gasteiger partial charge on any atom is -0.505 e. The quantitative estimate of drug-likeness (QED) is 0.697. The van der Waals surface area contributed by atoms with Crippen molar-refractivity contribution in [3.8, 4) is 11.4 Å². The zero-order valence-electron chi connectivity index (χ0n) is 13.8. The summed E-state index contributed by atoms with van der Waals surface area (Å²) < 4.78 is 0. The number of hydrogen-bond acceptors (Lipinski definition) is 3. The van der Waals surface area contributed by atoms with Gasteiger partial charge >= 0.3 is 0 Å². The first-order valence-electron chi connectivity index (χ1n) is 8.47. The molecule has 0 unspecified atom stereocenters. The molecule has 1 aromatic carbocycles. The van der Waals surface area contributed by atoms with Gasteiger partial charge in [-0.1, -0.05) is 45.6 Å². The average molecular weight is 301 g/mol. The standard InChI is InChI=1S/C18H27N3O/c1-3-5-7-9-15-13-16(10-8-6-4-2)18(22)17(14-15)21-19-11-12-20-21/h11-14,22H,3-10H2,1-2H3. The molecule has 0 atom stereocenters. The van der Waals surface area contributed by atoms with Gasteiger partial charge in [-0.3, -0.25) is 0 Å². The van der Waals surface area contributed by atoms with Crippen LogP contribution in [0, 0.1) is 0 Å². The van der Waals surface area contributed by atoms with Gasteiger partial charge in [-0.05, 0) is 42.9 Å². The van der Waals surface area contributed by atoms with Crippen LogP contribution in [-0.2, 0) is 12.8 Å². The van der Waals surface area contributed by atoms with Gasteiger partial charge in [0, 0.05) is 0 Å². The topological polar surface area (TPSA) is 50.9 Å². The predicted molar refractivity (Wildman–Crippen MR) is 89.5 cm³/mol. The molecule has 0 aliphatic heterocycles. The number of aryl methyl sites for hydroxylation is 2. The Labute approximate surface area is 133 Å². The first-order valence-corrected chi connectivity index (χ1v) is 8.47. The van der Waals surface area contributed by atoms with Crippen molar-refractivity contribution in [1.82, 2.24) is 15.0 Å².